The van der Waals surface area contributed by atoms with Crippen LogP contribution in [0.5, 0.6) is 0 Å². The number of ether oxygens (including phenoxy) is 1. The lowest BCUT2D eigenvalue weighted by atomic mass is 10.1. The van der Waals surface area contributed by atoms with Crippen LogP contribution in [0.2, 0.25) is 5.02 Å². The van der Waals surface area contributed by atoms with Crippen molar-refractivity contribution >= 4 is 40.3 Å². The van der Waals surface area contributed by atoms with Crippen molar-refractivity contribution in [3.8, 4) is 0 Å². The number of rotatable bonds is 5. The third kappa shape index (κ3) is 3.49. The van der Waals surface area contributed by atoms with Gasteiger partial charge in [0.2, 0.25) is 0 Å². The van der Waals surface area contributed by atoms with Crippen molar-refractivity contribution in [3.63, 3.8) is 0 Å². The van der Waals surface area contributed by atoms with Gasteiger partial charge in [-0.3, -0.25) is 0 Å². The number of hydrogen-bond acceptors (Lipinski definition) is 5. The van der Waals surface area contributed by atoms with Gasteiger partial charge in [-0.25, -0.2) is 4.79 Å². The predicted molar refractivity (Wildman–Crippen MR) is 88.2 cm³/mol. The molecule has 0 saturated heterocycles. The molecule has 0 unspecified atom stereocenters. The Bertz CT molecular complexity index is 629. The lowest BCUT2D eigenvalue weighted by Gasteiger charge is -2.26. The average molecular weight is 325 g/mol. The van der Waals surface area contributed by atoms with E-state index in [1.165, 1.54) is 12.0 Å². The summed E-state index contributed by atoms with van der Waals surface area (Å²) >= 11 is 7.99. The molecule has 4 nitrogen and oxygen atoms in total. The van der Waals surface area contributed by atoms with Crippen molar-refractivity contribution in [2.75, 3.05) is 24.3 Å². The first-order valence-corrected chi connectivity index (χ1v) is 7.77. The van der Waals surface area contributed by atoms with Crippen LogP contribution in [0.4, 0.5) is 11.4 Å². The highest BCUT2D eigenvalue weighted by molar-refractivity contribution is 7.09. The molecule has 0 radical (unpaired) electrons. The number of anilines is 2. The fourth-order valence-electron chi connectivity index (χ4n) is 2.15. The molecule has 0 atom stereocenters. The number of nitrogen functional groups attached to an aromatic ring is 1. The maximum absolute atomic E-state index is 12.0. The molecule has 1 heterocycles. The largest absolute Gasteiger partial charge is 0.465 e. The van der Waals surface area contributed by atoms with E-state index in [-0.39, 0.29) is 0 Å². The number of nitrogens with two attached hydrogens (primary N) is 1. The van der Waals surface area contributed by atoms with Crippen LogP contribution < -0.4 is 10.6 Å². The van der Waals surface area contributed by atoms with Crippen LogP contribution in [0.25, 0.3) is 0 Å². The summed E-state index contributed by atoms with van der Waals surface area (Å²) < 4.78 is 4.84. The predicted octanol–water partition coefficient (Wildman–Crippen LogP) is 3.80. The van der Waals surface area contributed by atoms with Gasteiger partial charge in [0.25, 0.3) is 0 Å². The molecule has 2 rings (SSSR count). The second-order valence-electron chi connectivity index (χ2n) is 4.48. The first kappa shape index (κ1) is 15.7. The summed E-state index contributed by atoms with van der Waals surface area (Å²) in [6, 6.07) is 7.31. The molecule has 0 amide bonds. The Balaban J connectivity index is 2.46. The highest BCUT2D eigenvalue weighted by Crippen LogP contribution is 2.34. The molecule has 2 N–H and O–H groups in total. The first-order chi connectivity index (χ1) is 10.1. The molecule has 2 aromatic rings. The van der Waals surface area contributed by atoms with Crippen LogP contribution >= 0.6 is 22.9 Å². The van der Waals surface area contributed by atoms with Crippen molar-refractivity contribution in [1.29, 1.82) is 0 Å². The van der Waals surface area contributed by atoms with E-state index < -0.39 is 5.97 Å². The molecule has 0 spiro atoms. The molecular formula is C15H17ClN2O2S. The zero-order valence-electron chi connectivity index (χ0n) is 11.9. The maximum Gasteiger partial charge on any atom is 0.340 e. The number of methoxy groups -OCH3 is 1. The second kappa shape index (κ2) is 6.83. The summed E-state index contributed by atoms with van der Waals surface area (Å²) in [4.78, 5) is 15.2. The van der Waals surface area contributed by atoms with Crippen molar-refractivity contribution in [2.24, 2.45) is 0 Å². The number of halogens is 1. The van der Waals surface area contributed by atoms with Gasteiger partial charge in [0.15, 0.2) is 0 Å². The fourth-order valence-corrected chi connectivity index (χ4v) is 3.21. The lowest BCUT2D eigenvalue weighted by Crippen LogP contribution is -2.24. The number of thiophene rings is 1. The minimum atomic E-state index is -0.441. The Morgan fingerprint density at radius 3 is 2.81 bits per heavy atom. The van der Waals surface area contributed by atoms with Crippen molar-refractivity contribution in [1.82, 2.24) is 0 Å². The van der Waals surface area contributed by atoms with E-state index in [0.29, 0.717) is 35.1 Å². The number of carbonyl (C=O) groups excluding carboxylic acids is 1. The number of hydrogen-bond donors (Lipinski definition) is 1. The van der Waals surface area contributed by atoms with E-state index >= 15 is 0 Å². The van der Waals surface area contributed by atoms with Gasteiger partial charge < -0.3 is 15.4 Å². The number of carbonyl (C=O) groups is 1. The Morgan fingerprint density at radius 2 is 2.24 bits per heavy atom. The molecule has 21 heavy (non-hydrogen) atoms. The van der Waals surface area contributed by atoms with Gasteiger partial charge in [0, 0.05) is 17.1 Å². The molecule has 0 saturated carbocycles. The van der Waals surface area contributed by atoms with Gasteiger partial charge in [-0.1, -0.05) is 17.7 Å². The van der Waals surface area contributed by atoms with E-state index in [9.17, 15) is 4.79 Å². The van der Waals surface area contributed by atoms with Gasteiger partial charge >= 0.3 is 5.97 Å². The minimum absolute atomic E-state index is 0.390. The topological polar surface area (TPSA) is 55.6 Å². The van der Waals surface area contributed by atoms with Crippen LogP contribution in [-0.2, 0) is 11.3 Å². The van der Waals surface area contributed by atoms with Crippen LogP contribution in [0.15, 0.2) is 29.6 Å². The zero-order valence-corrected chi connectivity index (χ0v) is 13.5. The van der Waals surface area contributed by atoms with Crippen LogP contribution in [0.3, 0.4) is 0 Å². The number of esters is 1. The summed E-state index contributed by atoms with van der Waals surface area (Å²) in [5.74, 6) is -0.441. The Kier molecular flexibility index (Phi) is 5.09. The second-order valence-corrected chi connectivity index (χ2v) is 5.92. The molecule has 1 aromatic carbocycles. The molecule has 0 aliphatic rings. The summed E-state index contributed by atoms with van der Waals surface area (Å²) in [5, 5.41) is 2.48. The van der Waals surface area contributed by atoms with Gasteiger partial charge in [0.1, 0.15) is 0 Å². The van der Waals surface area contributed by atoms with Gasteiger partial charge in [0.05, 0.1) is 29.9 Å². The fraction of sp³-hybridized carbons (Fsp3) is 0.267. The highest BCUT2D eigenvalue weighted by Gasteiger charge is 2.21. The van der Waals surface area contributed by atoms with Crippen LogP contribution in [0, 0.1) is 0 Å². The van der Waals surface area contributed by atoms with E-state index in [0.717, 1.165) is 0 Å². The molecule has 6 heteroatoms. The molecule has 0 aliphatic carbocycles. The van der Waals surface area contributed by atoms with Crippen molar-refractivity contribution in [3.05, 3.63) is 45.1 Å². The summed E-state index contributed by atoms with van der Waals surface area (Å²) in [5.41, 5.74) is 7.28. The monoisotopic (exact) mass is 324 g/mol. The first-order valence-electron chi connectivity index (χ1n) is 6.51. The SMILES string of the molecule is CCN(Cc1cccs1)c1c(Cl)cc(N)cc1C(=O)OC. The van der Waals surface area contributed by atoms with Crippen molar-refractivity contribution in [2.45, 2.75) is 13.5 Å². The lowest BCUT2D eigenvalue weighted by molar-refractivity contribution is 0.0601. The Labute approximate surface area is 133 Å². The molecule has 1 aromatic heterocycles. The molecule has 0 bridgehead atoms. The van der Waals surface area contributed by atoms with Crippen molar-refractivity contribution < 1.29 is 9.53 Å². The Morgan fingerprint density at radius 1 is 1.48 bits per heavy atom. The van der Waals surface area contributed by atoms with Gasteiger partial charge in [-0.05, 0) is 30.5 Å². The smallest absolute Gasteiger partial charge is 0.340 e. The van der Waals surface area contributed by atoms with Gasteiger partial charge in [-0.15, -0.1) is 11.3 Å². The molecule has 0 fully saturated rings. The number of benzene rings is 1. The quantitative estimate of drug-likeness (QED) is 0.671. The third-order valence-electron chi connectivity index (χ3n) is 3.12. The minimum Gasteiger partial charge on any atom is -0.465 e. The van der Waals surface area contributed by atoms with E-state index in [1.807, 2.05) is 23.3 Å². The van der Waals surface area contributed by atoms with Gasteiger partial charge in [-0.2, -0.15) is 0 Å². The van der Waals surface area contributed by atoms with E-state index in [4.69, 9.17) is 22.1 Å². The van der Waals surface area contributed by atoms with E-state index in [1.54, 1.807) is 23.5 Å². The molecule has 112 valence electrons. The Hall–Kier alpha value is -1.72. The summed E-state index contributed by atoms with van der Waals surface area (Å²) in [7, 11) is 1.35. The molecule has 0 aliphatic heterocycles. The van der Waals surface area contributed by atoms with E-state index in [2.05, 4.69) is 6.07 Å². The van der Waals surface area contributed by atoms with Crippen LogP contribution in [0.1, 0.15) is 22.2 Å². The zero-order chi connectivity index (χ0) is 15.4. The normalized spacial score (nSPS) is 10.4. The maximum atomic E-state index is 12.0. The summed E-state index contributed by atoms with van der Waals surface area (Å²) in [6.07, 6.45) is 0. The standard InChI is InChI=1S/C15H17ClN2O2S/c1-3-18(9-11-5-4-6-21-11)14-12(15(19)20-2)7-10(17)8-13(14)16/h4-8H,3,9,17H2,1-2H3. The molecular weight excluding hydrogens is 308 g/mol. The van der Waals surface area contributed by atoms with Crippen LogP contribution in [-0.4, -0.2) is 19.6 Å². The summed E-state index contributed by atoms with van der Waals surface area (Å²) in [6.45, 7) is 3.41. The average Bonchev–Trinajstić information content (AvgIpc) is 2.96. The highest BCUT2D eigenvalue weighted by atomic mass is 35.5. The third-order valence-corrected chi connectivity index (χ3v) is 4.27. The number of nitrogens with zero attached hydrogens (tertiary/aromatic N) is 1.